The lowest BCUT2D eigenvalue weighted by Crippen LogP contribution is -2.30. The van der Waals surface area contributed by atoms with Crippen LogP contribution in [-0.4, -0.2) is 6.04 Å². The lowest BCUT2D eigenvalue weighted by atomic mass is 9.82. The molecule has 1 atom stereocenters. The molecule has 1 N–H and O–H groups in total. The molecule has 1 aliphatic heterocycles. The highest BCUT2D eigenvalue weighted by atomic mass is 14.9. The van der Waals surface area contributed by atoms with Crippen LogP contribution in [0, 0.1) is 5.92 Å². The zero-order valence-electron chi connectivity index (χ0n) is 9.65. The average molecular weight is 213 g/mol. The van der Waals surface area contributed by atoms with Gasteiger partial charge in [0.15, 0.2) is 0 Å². The first-order chi connectivity index (χ1) is 7.93. The minimum Gasteiger partial charge on any atom is -0.378 e. The molecule has 0 unspecified atom stereocenters. The third-order valence-electron chi connectivity index (χ3n) is 3.92. The van der Waals surface area contributed by atoms with Crippen LogP contribution in [0.2, 0.25) is 0 Å². The van der Waals surface area contributed by atoms with Crippen molar-refractivity contribution in [3.8, 4) is 0 Å². The van der Waals surface area contributed by atoms with Crippen LogP contribution in [-0.2, 0) is 0 Å². The van der Waals surface area contributed by atoms with Crippen molar-refractivity contribution in [2.45, 2.75) is 38.1 Å². The Bertz CT molecular complexity index is 388. The molecule has 1 aromatic rings. The van der Waals surface area contributed by atoms with E-state index in [4.69, 9.17) is 0 Å². The zero-order valence-corrected chi connectivity index (χ0v) is 9.65. The molecule has 1 aromatic carbocycles. The van der Waals surface area contributed by atoms with Gasteiger partial charge in [0.25, 0.3) is 0 Å². The van der Waals surface area contributed by atoms with E-state index in [2.05, 4.69) is 41.7 Å². The van der Waals surface area contributed by atoms with E-state index >= 15 is 0 Å². The number of fused-ring (bicyclic) bond motifs is 1. The Labute approximate surface area is 97.6 Å². The summed E-state index contributed by atoms with van der Waals surface area (Å²) in [6.45, 7) is 0. The summed E-state index contributed by atoms with van der Waals surface area (Å²) >= 11 is 0. The van der Waals surface area contributed by atoms with E-state index in [0.29, 0.717) is 6.04 Å². The van der Waals surface area contributed by atoms with E-state index in [-0.39, 0.29) is 0 Å². The van der Waals surface area contributed by atoms with Crippen LogP contribution < -0.4 is 5.32 Å². The second-order valence-corrected chi connectivity index (χ2v) is 5.01. The van der Waals surface area contributed by atoms with Gasteiger partial charge in [-0.25, -0.2) is 0 Å². The molecule has 1 nitrogen and oxygen atoms in total. The predicted octanol–water partition coefficient (Wildman–Crippen LogP) is 4.07. The monoisotopic (exact) mass is 213 g/mol. The van der Waals surface area contributed by atoms with Gasteiger partial charge in [0.05, 0.1) is 0 Å². The lowest BCUT2D eigenvalue weighted by molar-refractivity contribution is 0.342. The molecule has 16 heavy (non-hydrogen) atoms. The highest BCUT2D eigenvalue weighted by molar-refractivity contribution is 5.70. The van der Waals surface area contributed by atoms with Gasteiger partial charge in [-0.3, -0.25) is 0 Å². The summed E-state index contributed by atoms with van der Waals surface area (Å²) in [4.78, 5) is 0. The maximum absolute atomic E-state index is 3.68. The highest BCUT2D eigenvalue weighted by Gasteiger charge is 2.23. The largest absolute Gasteiger partial charge is 0.378 e. The second-order valence-electron chi connectivity index (χ2n) is 5.01. The standard InChI is InChI=1S/C15H19N/c1-2-6-12(7-3-1)15-11-10-13-8-4-5-9-14(13)16-15/h4-5,8-12,15-16H,1-3,6-7H2/t15-/m1/s1. The molecule has 1 fully saturated rings. The van der Waals surface area contributed by atoms with Crippen LogP contribution in [0.4, 0.5) is 5.69 Å². The van der Waals surface area contributed by atoms with Crippen LogP contribution >= 0.6 is 0 Å². The third kappa shape index (κ3) is 1.87. The quantitative estimate of drug-likeness (QED) is 0.741. The Hall–Kier alpha value is -1.24. The van der Waals surface area contributed by atoms with Gasteiger partial charge in [0, 0.05) is 11.7 Å². The number of para-hydroxylation sites is 1. The molecule has 1 aliphatic carbocycles. The van der Waals surface area contributed by atoms with Crippen LogP contribution in [0.1, 0.15) is 37.7 Å². The number of hydrogen-bond donors (Lipinski definition) is 1. The van der Waals surface area contributed by atoms with Crippen LogP contribution in [0.3, 0.4) is 0 Å². The van der Waals surface area contributed by atoms with E-state index in [1.807, 2.05) is 0 Å². The normalized spacial score (nSPS) is 24.9. The number of rotatable bonds is 1. The summed E-state index contributed by atoms with van der Waals surface area (Å²) in [5.41, 5.74) is 2.63. The topological polar surface area (TPSA) is 12.0 Å². The summed E-state index contributed by atoms with van der Waals surface area (Å²) in [5.74, 6) is 0.846. The van der Waals surface area contributed by atoms with Crippen molar-refractivity contribution in [2.24, 2.45) is 5.92 Å². The zero-order chi connectivity index (χ0) is 10.8. The van der Waals surface area contributed by atoms with E-state index in [1.54, 1.807) is 0 Å². The molecule has 0 saturated heterocycles. The molecule has 0 radical (unpaired) electrons. The Kier molecular flexibility index (Phi) is 2.69. The molecule has 84 valence electrons. The van der Waals surface area contributed by atoms with E-state index < -0.39 is 0 Å². The molecule has 1 heterocycles. The average Bonchev–Trinajstić information content (AvgIpc) is 2.39. The van der Waals surface area contributed by atoms with Gasteiger partial charge in [0.2, 0.25) is 0 Å². The smallest absolute Gasteiger partial charge is 0.0476 e. The molecule has 0 aromatic heterocycles. The van der Waals surface area contributed by atoms with Gasteiger partial charge in [0.1, 0.15) is 0 Å². The molecular weight excluding hydrogens is 194 g/mol. The molecule has 0 bridgehead atoms. The number of nitrogens with one attached hydrogen (secondary N) is 1. The second kappa shape index (κ2) is 4.32. The molecule has 2 aliphatic rings. The first-order valence-electron chi connectivity index (χ1n) is 6.47. The minimum absolute atomic E-state index is 0.565. The van der Waals surface area contributed by atoms with Gasteiger partial charge >= 0.3 is 0 Å². The fourth-order valence-electron chi connectivity index (χ4n) is 2.98. The van der Waals surface area contributed by atoms with E-state index in [1.165, 1.54) is 43.4 Å². The summed E-state index contributed by atoms with van der Waals surface area (Å²) in [6.07, 6.45) is 11.7. The van der Waals surface area contributed by atoms with Crippen molar-refractivity contribution >= 4 is 11.8 Å². The van der Waals surface area contributed by atoms with Crippen molar-refractivity contribution in [1.82, 2.24) is 0 Å². The predicted molar refractivity (Wildman–Crippen MR) is 69.5 cm³/mol. The Morgan fingerprint density at radius 3 is 2.69 bits per heavy atom. The SMILES string of the molecule is C1=C[C@H](C2CCCCC2)Nc2ccccc21. The first kappa shape index (κ1) is 9.95. The number of anilines is 1. The van der Waals surface area contributed by atoms with Gasteiger partial charge in [-0.05, 0) is 30.4 Å². The number of benzene rings is 1. The summed E-state index contributed by atoms with van der Waals surface area (Å²) in [5, 5.41) is 3.68. The summed E-state index contributed by atoms with van der Waals surface area (Å²) in [6, 6.07) is 9.15. The van der Waals surface area contributed by atoms with Gasteiger partial charge in [-0.1, -0.05) is 49.6 Å². The maximum Gasteiger partial charge on any atom is 0.0476 e. The molecular formula is C15H19N. The fraction of sp³-hybridized carbons (Fsp3) is 0.467. The van der Waals surface area contributed by atoms with Gasteiger partial charge in [-0.15, -0.1) is 0 Å². The third-order valence-corrected chi connectivity index (χ3v) is 3.92. The molecule has 3 rings (SSSR count). The van der Waals surface area contributed by atoms with Crippen molar-refractivity contribution in [2.75, 3.05) is 5.32 Å². The fourth-order valence-corrected chi connectivity index (χ4v) is 2.98. The van der Waals surface area contributed by atoms with Crippen molar-refractivity contribution in [1.29, 1.82) is 0 Å². The van der Waals surface area contributed by atoms with E-state index in [9.17, 15) is 0 Å². The van der Waals surface area contributed by atoms with Crippen LogP contribution in [0.5, 0.6) is 0 Å². The first-order valence-corrected chi connectivity index (χ1v) is 6.47. The summed E-state index contributed by atoms with van der Waals surface area (Å²) in [7, 11) is 0. The highest BCUT2D eigenvalue weighted by Crippen LogP contribution is 2.32. The molecule has 1 saturated carbocycles. The van der Waals surface area contributed by atoms with Crippen LogP contribution in [0.15, 0.2) is 30.3 Å². The molecule has 0 amide bonds. The summed E-state index contributed by atoms with van der Waals surface area (Å²) < 4.78 is 0. The van der Waals surface area contributed by atoms with Crippen molar-refractivity contribution in [3.05, 3.63) is 35.9 Å². The van der Waals surface area contributed by atoms with Crippen LogP contribution in [0.25, 0.3) is 6.08 Å². The van der Waals surface area contributed by atoms with Crippen molar-refractivity contribution < 1.29 is 0 Å². The maximum atomic E-state index is 3.68. The molecule has 0 spiro atoms. The minimum atomic E-state index is 0.565. The lowest BCUT2D eigenvalue weighted by Gasteiger charge is -2.32. The van der Waals surface area contributed by atoms with Gasteiger partial charge < -0.3 is 5.32 Å². The molecule has 1 heteroatoms. The van der Waals surface area contributed by atoms with Crippen molar-refractivity contribution in [3.63, 3.8) is 0 Å². The Morgan fingerprint density at radius 1 is 1.00 bits per heavy atom. The Morgan fingerprint density at radius 2 is 1.81 bits per heavy atom. The Balaban J connectivity index is 1.77. The van der Waals surface area contributed by atoms with Gasteiger partial charge in [-0.2, -0.15) is 0 Å². The number of hydrogen-bond acceptors (Lipinski definition) is 1. The van der Waals surface area contributed by atoms with E-state index in [0.717, 1.165) is 5.92 Å².